The van der Waals surface area contributed by atoms with E-state index in [1.165, 1.54) is 0 Å². The van der Waals surface area contributed by atoms with Gasteiger partial charge < -0.3 is 15.6 Å². The normalized spacial score (nSPS) is 10.7. The Hall–Kier alpha value is -2.24. The van der Waals surface area contributed by atoms with Crippen molar-refractivity contribution in [3.05, 3.63) is 29.3 Å². The predicted molar refractivity (Wildman–Crippen MR) is 75.2 cm³/mol. The fourth-order valence-electron chi connectivity index (χ4n) is 2.06. The molecule has 2 aromatic heterocycles. The molecular weight excluding hydrogens is 242 g/mol. The highest BCUT2D eigenvalue weighted by molar-refractivity contribution is 6.04. The SMILES string of the molecule is CCCn1cc(N)cc1C(=O)Nc1c(C)n[nH]c1C. The quantitative estimate of drug-likeness (QED) is 0.787. The van der Waals surface area contributed by atoms with Crippen LogP contribution in [0.3, 0.4) is 0 Å². The molecule has 0 atom stereocenters. The smallest absolute Gasteiger partial charge is 0.272 e. The van der Waals surface area contributed by atoms with Crippen LogP contribution in [-0.4, -0.2) is 20.7 Å². The third-order valence-electron chi connectivity index (χ3n) is 2.98. The van der Waals surface area contributed by atoms with Crippen molar-refractivity contribution >= 4 is 17.3 Å². The minimum absolute atomic E-state index is 0.169. The molecule has 0 aliphatic heterocycles. The third-order valence-corrected chi connectivity index (χ3v) is 2.98. The van der Waals surface area contributed by atoms with Crippen molar-refractivity contribution in [3.63, 3.8) is 0 Å². The number of aromatic nitrogens is 3. The van der Waals surface area contributed by atoms with Crippen molar-refractivity contribution < 1.29 is 4.79 Å². The number of nitrogens with zero attached hydrogens (tertiary/aromatic N) is 2. The zero-order valence-electron chi connectivity index (χ0n) is 11.4. The molecule has 1 amide bonds. The maximum absolute atomic E-state index is 12.3. The number of hydrogen-bond donors (Lipinski definition) is 3. The van der Waals surface area contributed by atoms with Crippen LogP contribution in [-0.2, 0) is 6.54 Å². The Morgan fingerprint density at radius 2 is 2.26 bits per heavy atom. The predicted octanol–water partition coefficient (Wildman–Crippen LogP) is 2.07. The van der Waals surface area contributed by atoms with Gasteiger partial charge in [0.15, 0.2) is 0 Å². The molecular formula is C13H19N5O. The number of H-pyrrole nitrogens is 1. The number of aryl methyl sites for hydroxylation is 3. The first-order valence-electron chi connectivity index (χ1n) is 6.31. The Labute approximate surface area is 112 Å². The summed E-state index contributed by atoms with van der Waals surface area (Å²) >= 11 is 0. The zero-order valence-corrected chi connectivity index (χ0v) is 11.4. The Morgan fingerprint density at radius 3 is 2.84 bits per heavy atom. The fraction of sp³-hybridized carbons (Fsp3) is 0.385. The van der Waals surface area contributed by atoms with Crippen molar-refractivity contribution in [1.82, 2.24) is 14.8 Å². The molecule has 6 heteroatoms. The highest BCUT2D eigenvalue weighted by Gasteiger charge is 2.16. The van der Waals surface area contributed by atoms with Gasteiger partial charge in [0.05, 0.1) is 22.8 Å². The summed E-state index contributed by atoms with van der Waals surface area (Å²) in [4.78, 5) is 12.3. The molecule has 6 nitrogen and oxygen atoms in total. The van der Waals surface area contributed by atoms with Gasteiger partial charge in [-0.15, -0.1) is 0 Å². The minimum Gasteiger partial charge on any atom is -0.397 e. The van der Waals surface area contributed by atoms with Crippen LogP contribution >= 0.6 is 0 Å². The van der Waals surface area contributed by atoms with Crippen LogP contribution in [0.4, 0.5) is 11.4 Å². The summed E-state index contributed by atoms with van der Waals surface area (Å²) in [5.41, 5.74) is 9.27. The number of carbonyl (C=O) groups excluding carboxylic acids is 1. The van der Waals surface area contributed by atoms with E-state index in [4.69, 9.17) is 5.73 Å². The van der Waals surface area contributed by atoms with Crippen LogP contribution in [0.25, 0.3) is 0 Å². The number of anilines is 2. The molecule has 0 bridgehead atoms. The lowest BCUT2D eigenvalue weighted by atomic mass is 10.3. The van der Waals surface area contributed by atoms with E-state index in [2.05, 4.69) is 22.4 Å². The van der Waals surface area contributed by atoms with Crippen LogP contribution in [0.1, 0.15) is 35.2 Å². The molecule has 4 N–H and O–H groups in total. The third kappa shape index (κ3) is 2.62. The van der Waals surface area contributed by atoms with E-state index in [1.807, 2.05) is 18.4 Å². The Kier molecular flexibility index (Phi) is 3.59. The van der Waals surface area contributed by atoms with Gasteiger partial charge >= 0.3 is 0 Å². The van der Waals surface area contributed by atoms with E-state index >= 15 is 0 Å². The van der Waals surface area contributed by atoms with E-state index in [1.54, 1.807) is 12.3 Å². The summed E-state index contributed by atoms with van der Waals surface area (Å²) in [6.45, 7) is 6.54. The second-order valence-corrected chi connectivity index (χ2v) is 4.62. The first kappa shape index (κ1) is 13.2. The Morgan fingerprint density at radius 1 is 1.53 bits per heavy atom. The molecule has 0 saturated heterocycles. The monoisotopic (exact) mass is 261 g/mol. The molecule has 19 heavy (non-hydrogen) atoms. The lowest BCUT2D eigenvalue weighted by Gasteiger charge is -2.08. The number of rotatable bonds is 4. The average Bonchev–Trinajstić information content (AvgIpc) is 2.87. The fourth-order valence-corrected chi connectivity index (χ4v) is 2.06. The second-order valence-electron chi connectivity index (χ2n) is 4.62. The van der Waals surface area contributed by atoms with Crippen molar-refractivity contribution in [2.45, 2.75) is 33.7 Å². The summed E-state index contributed by atoms with van der Waals surface area (Å²) in [6, 6.07) is 1.69. The molecule has 0 radical (unpaired) electrons. The standard InChI is InChI=1S/C13H19N5O/c1-4-5-18-7-10(14)6-11(18)13(19)15-12-8(2)16-17-9(12)3/h6-7H,4-5,14H2,1-3H3,(H,15,19)(H,16,17). The van der Waals surface area contributed by atoms with Gasteiger partial charge in [0, 0.05) is 12.7 Å². The molecule has 2 aromatic rings. The minimum atomic E-state index is -0.169. The maximum atomic E-state index is 12.3. The molecule has 0 unspecified atom stereocenters. The van der Waals surface area contributed by atoms with Gasteiger partial charge in [-0.2, -0.15) is 5.10 Å². The molecule has 2 heterocycles. The summed E-state index contributed by atoms with van der Waals surface area (Å²) in [5.74, 6) is -0.169. The number of carbonyl (C=O) groups is 1. The van der Waals surface area contributed by atoms with Crippen LogP contribution in [0.15, 0.2) is 12.3 Å². The number of amides is 1. The molecule has 0 aliphatic carbocycles. The van der Waals surface area contributed by atoms with E-state index < -0.39 is 0 Å². The topological polar surface area (TPSA) is 88.7 Å². The Balaban J connectivity index is 2.25. The summed E-state index contributed by atoms with van der Waals surface area (Å²) in [6.07, 6.45) is 2.73. The molecule has 102 valence electrons. The van der Waals surface area contributed by atoms with Crippen LogP contribution in [0, 0.1) is 13.8 Å². The van der Waals surface area contributed by atoms with Gasteiger partial charge in [-0.05, 0) is 26.3 Å². The van der Waals surface area contributed by atoms with Gasteiger partial charge in [-0.3, -0.25) is 9.89 Å². The van der Waals surface area contributed by atoms with E-state index in [-0.39, 0.29) is 5.91 Å². The average molecular weight is 261 g/mol. The first-order valence-corrected chi connectivity index (χ1v) is 6.31. The molecule has 0 saturated carbocycles. The number of hydrogen-bond acceptors (Lipinski definition) is 3. The van der Waals surface area contributed by atoms with Crippen LogP contribution in [0.2, 0.25) is 0 Å². The van der Waals surface area contributed by atoms with Crippen molar-refractivity contribution in [2.24, 2.45) is 0 Å². The Bertz CT molecular complexity index is 577. The molecule has 2 rings (SSSR count). The largest absolute Gasteiger partial charge is 0.397 e. The summed E-state index contributed by atoms with van der Waals surface area (Å²) < 4.78 is 1.87. The van der Waals surface area contributed by atoms with Gasteiger partial charge in [0.1, 0.15) is 5.69 Å². The van der Waals surface area contributed by atoms with Gasteiger partial charge in [-0.25, -0.2) is 0 Å². The van der Waals surface area contributed by atoms with E-state index in [0.29, 0.717) is 11.4 Å². The molecule has 0 spiro atoms. The number of nitrogens with two attached hydrogens (primary N) is 1. The maximum Gasteiger partial charge on any atom is 0.272 e. The van der Waals surface area contributed by atoms with Crippen molar-refractivity contribution in [3.8, 4) is 0 Å². The van der Waals surface area contributed by atoms with Crippen LogP contribution < -0.4 is 11.1 Å². The molecule has 0 aromatic carbocycles. The molecule has 0 fully saturated rings. The number of aromatic amines is 1. The van der Waals surface area contributed by atoms with Gasteiger partial charge in [0.25, 0.3) is 5.91 Å². The van der Waals surface area contributed by atoms with E-state index in [9.17, 15) is 4.79 Å². The second kappa shape index (κ2) is 5.17. The van der Waals surface area contributed by atoms with Crippen molar-refractivity contribution in [1.29, 1.82) is 0 Å². The molecule has 0 aliphatic rings. The van der Waals surface area contributed by atoms with E-state index in [0.717, 1.165) is 30.0 Å². The summed E-state index contributed by atoms with van der Waals surface area (Å²) in [5, 5.41) is 9.78. The van der Waals surface area contributed by atoms with Gasteiger partial charge in [0.2, 0.25) is 0 Å². The van der Waals surface area contributed by atoms with Crippen molar-refractivity contribution in [2.75, 3.05) is 11.1 Å². The highest BCUT2D eigenvalue weighted by atomic mass is 16.2. The lowest BCUT2D eigenvalue weighted by molar-refractivity contribution is 0.101. The first-order chi connectivity index (χ1) is 9.02. The zero-order chi connectivity index (χ0) is 14.0. The number of nitrogen functional groups attached to an aromatic ring is 1. The lowest BCUT2D eigenvalue weighted by Crippen LogP contribution is -2.17. The van der Waals surface area contributed by atoms with Gasteiger partial charge in [-0.1, -0.05) is 6.92 Å². The van der Waals surface area contributed by atoms with Crippen LogP contribution in [0.5, 0.6) is 0 Å². The highest BCUT2D eigenvalue weighted by Crippen LogP contribution is 2.19. The summed E-state index contributed by atoms with van der Waals surface area (Å²) in [7, 11) is 0. The number of nitrogens with one attached hydrogen (secondary N) is 2.